The molecule has 2 aromatic rings. The number of nitrogens with one attached hydrogen (secondary N) is 2. The Kier molecular flexibility index (Phi) is 5.67. The van der Waals surface area contributed by atoms with Crippen LogP contribution in [0, 0.1) is 26.7 Å². The number of allylic oxidation sites excluding steroid dienone is 2. The molecule has 0 aromatic heterocycles. The molecule has 1 fully saturated rings. The Bertz CT molecular complexity index is 1140. The summed E-state index contributed by atoms with van der Waals surface area (Å²) < 4.78 is 29.2. The molecule has 0 spiro atoms. The molecule has 2 N–H and O–H groups in total. The smallest absolute Gasteiger partial charge is 0.240 e. The SMILES string of the molecule is Cc1cc(C)c(C2Nc3ccc(S(=O)(=O)NC4CCCCC4)cc3C3C=CCC32)c(C)c1. The maximum absolute atomic E-state index is 13.1. The van der Waals surface area contributed by atoms with E-state index < -0.39 is 10.0 Å². The van der Waals surface area contributed by atoms with Crippen molar-refractivity contribution in [1.82, 2.24) is 4.72 Å². The molecule has 170 valence electrons. The van der Waals surface area contributed by atoms with Gasteiger partial charge in [0.2, 0.25) is 10.0 Å². The van der Waals surface area contributed by atoms with E-state index in [4.69, 9.17) is 0 Å². The molecule has 0 radical (unpaired) electrons. The highest BCUT2D eigenvalue weighted by molar-refractivity contribution is 7.89. The van der Waals surface area contributed by atoms with Gasteiger partial charge in [-0.3, -0.25) is 0 Å². The van der Waals surface area contributed by atoms with Crippen LogP contribution in [0.5, 0.6) is 0 Å². The summed E-state index contributed by atoms with van der Waals surface area (Å²) in [4.78, 5) is 0.392. The second-order valence-electron chi connectivity index (χ2n) is 9.99. The summed E-state index contributed by atoms with van der Waals surface area (Å²) in [6.07, 6.45) is 10.8. The highest BCUT2D eigenvalue weighted by atomic mass is 32.2. The summed E-state index contributed by atoms with van der Waals surface area (Å²) in [5.41, 5.74) is 7.49. The van der Waals surface area contributed by atoms with Crippen LogP contribution in [0.15, 0.2) is 47.4 Å². The van der Waals surface area contributed by atoms with Crippen molar-refractivity contribution >= 4 is 15.7 Å². The van der Waals surface area contributed by atoms with E-state index >= 15 is 0 Å². The summed E-state index contributed by atoms with van der Waals surface area (Å²) in [5.74, 6) is 0.632. The molecule has 3 atom stereocenters. The molecule has 0 amide bonds. The van der Waals surface area contributed by atoms with Gasteiger partial charge >= 0.3 is 0 Å². The van der Waals surface area contributed by atoms with E-state index in [9.17, 15) is 8.42 Å². The van der Waals surface area contributed by atoms with Crippen molar-refractivity contribution < 1.29 is 8.42 Å². The van der Waals surface area contributed by atoms with Crippen LogP contribution in [-0.2, 0) is 10.0 Å². The third kappa shape index (κ3) is 3.90. The van der Waals surface area contributed by atoms with Crippen LogP contribution in [0.25, 0.3) is 0 Å². The molecule has 3 unspecified atom stereocenters. The Balaban J connectivity index is 1.49. The van der Waals surface area contributed by atoms with Gasteiger partial charge in [-0.15, -0.1) is 0 Å². The van der Waals surface area contributed by atoms with Crippen LogP contribution in [0.3, 0.4) is 0 Å². The first-order chi connectivity index (χ1) is 15.3. The minimum Gasteiger partial charge on any atom is -0.378 e. The van der Waals surface area contributed by atoms with Crippen molar-refractivity contribution in [2.75, 3.05) is 5.32 Å². The molecule has 2 aromatic carbocycles. The number of benzene rings is 2. The summed E-state index contributed by atoms with van der Waals surface area (Å²) >= 11 is 0. The van der Waals surface area contributed by atoms with E-state index in [0.717, 1.165) is 43.4 Å². The van der Waals surface area contributed by atoms with Gasteiger partial charge in [0.05, 0.1) is 10.9 Å². The fourth-order valence-electron chi connectivity index (χ4n) is 6.22. The normalized spacial score (nSPS) is 25.3. The monoisotopic (exact) mass is 450 g/mol. The Morgan fingerprint density at radius 1 is 0.969 bits per heavy atom. The second-order valence-corrected chi connectivity index (χ2v) is 11.7. The van der Waals surface area contributed by atoms with Gasteiger partial charge in [0.15, 0.2) is 0 Å². The van der Waals surface area contributed by atoms with Gasteiger partial charge < -0.3 is 5.32 Å². The zero-order valence-corrected chi connectivity index (χ0v) is 20.1. The van der Waals surface area contributed by atoms with E-state index in [0.29, 0.717) is 10.8 Å². The molecule has 4 nitrogen and oxygen atoms in total. The lowest BCUT2D eigenvalue weighted by atomic mass is 9.75. The zero-order chi connectivity index (χ0) is 22.5. The van der Waals surface area contributed by atoms with Crippen LogP contribution in [0.4, 0.5) is 5.69 Å². The average Bonchev–Trinajstić information content (AvgIpc) is 3.23. The molecule has 32 heavy (non-hydrogen) atoms. The molecule has 2 aliphatic carbocycles. The molecule has 1 saturated carbocycles. The molecular weight excluding hydrogens is 416 g/mol. The minimum absolute atomic E-state index is 0.0684. The van der Waals surface area contributed by atoms with E-state index in [1.54, 1.807) is 6.07 Å². The highest BCUT2D eigenvalue weighted by Crippen LogP contribution is 2.51. The summed E-state index contributed by atoms with van der Waals surface area (Å²) in [5, 5.41) is 3.79. The van der Waals surface area contributed by atoms with Crippen molar-refractivity contribution in [3.05, 3.63) is 70.3 Å². The standard InChI is InChI=1S/C27H34N2O2S/c1-17-14-18(2)26(19(3)15-17)27-23-11-7-10-22(23)24-16-21(12-13-25(24)28-27)32(30,31)29-20-8-5-4-6-9-20/h7,10,12-16,20,22-23,27-29H,4-6,8-9,11H2,1-3H3. The van der Waals surface area contributed by atoms with Gasteiger partial charge in [0.25, 0.3) is 0 Å². The number of anilines is 1. The van der Waals surface area contributed by atoms with Gasteiger partial charge in [-0.2, -0.15) is 0 Å². The predicted octanol–water partition coefficient (Wildman–Crippen LogP) is 6.05. The first-order valence-electron chi connectivity index (χ1n) is 12.0. The number of hydrogen-bond acceptors (Lipinski definition) is 3. The Labute approximate surface area is 192 Å². The number of sulfonamides is 1. The minimum atomic E-state index is -3.51. The first kappa shape index (κ1) is 21.7. The quantitative estimate of drug-likeness (QED) is 0.558. The number of fused-ring (bicyclic) bond motifs is 3. The molecule has 1 heterocycles. The maximum atomic E-state index is 13.1. The van der Waals surface area contributed by atoms with E-state index in [-0.39, 0.29) is 18.0 Å². The van der Waals surface area contributed by atoms with Crippen LogP contribution in [-0.4, -0.2) is 14.5 Å². The Hall–Kier alpha value is -2.11. The predicted molar refractivity (Wildman–Crippen MR) is 131 cm³/mol. The van der Waals surface area contributed by atoms with Crippen molar-refractivity contribution in [2.24, 2.45) is 5.92 Å². The highest BCUT2D eigenvalue weighted by Gasteiger charge is 2.39. The summed E-state index contributed by atoms with van der Waals surface area (Å²) in [6.45, 7) is 6.56. The van der Waals surface area contributed by atoms with Gasteiger partial charge in [-0.1, -0.05) is 49.1 Å². The van der Waals surface area contributed by atoms with Crippen LogP contribution in [0.1, 0.15) is 78.3 Å². The number of hydrogen-bond donors (Lipinski definition) is 2. The molecule has 3 aliphatic rings. The molecule has 0 bridgehead atoms. The van der Waals surface area contributed by atoms with Gasteiger partial charge in [-0.05, 0) is 86.4 Å². The lowest BCUT2D eigenvalue weighted by Gasteiger charge is -2.39. The van der Waals surface area contributed by atoms with E-state index in [1.165, 1.54) is 28.7 Å². The third-order valence-electron chi connectivity index (χ3n) is 7.62. The van der Waals surface area contributed by atoms with Gasteiger partial charge in [0.1, 0.15) is 0 Å². The topological polar surface area (TPSA) is 58.2 Å². The number of rotatable bonds is 4. The second kappa shape index (κ2) is 8.35. The molecule has 1 aliphatic heterocycles. The van der Waals surface area contributed by atoms with Crippen molar-refractivity contribution in [3.63, 3.8) is 0 Å². The molecule has 0 saturated heterocycles. The third-order valence-corrected chi connectivity index (χ3v) is 9.14. The van der Waals surface area contributed by atoms with Crippen molar-refractivity contribution in [3.8, 4) is 0 Å². The van der Waals surface area contributed by atoms with Crippen molar-refractivity contribution in [1.29, 1.82) is 0 Å². The molecular formula is C27H34N2O2S. The van der Waals surface area contributed by atoms with Crippen LogP contribution >= 0.6 is 0 Å². The van der Waals surface area contributed by atoms with E-state index in [1.807, 2.05) is 12.1 Å². The zero-order valence-electron chi connectivity index (χ0n) is 19.3. The first-order valence-corrected chi connectivity index (χ1v) is 13.5. The summed E-state index contributed by atoms with van der Waals surface area (Å²) in [6, 6.07) is 10.5. The average molecular weight is 451 g/mol. The number of aryl methyl sites for hydroxylation is 3. The lowest BCUT2D eigenvalue weighted by molar-refractivity contribution is 0.411. The molecule has 5 heteroatoms. The van der Waals surface area contributed by atoms with E-state index in [2.05, 4.69) is 55.1 Å². The summed E-state index contributed by atoms with van der Waals surface area (Å²) in [7, 11) is -3.51. The maximum Gasteiger partial charge on any atom is 0.240 e. The van der Waals surface area contributed by atoms with Crippen molar-refractivity contribution in [2.45, 2.75) is 82.2 Å². The van der Waals surface area contributed by atoms with Gasteiger partial charge in [0, 0.05) is 17.6 Å². The van der Waals surface area contributed by atoms with Gasteiger partial charge in [-0.25, -0.2) is 13.1 Å². The van der Waals surface area contributed by atoms with Crippen LogP contribution < -0.4 is 10.0 Å². The largest absolute Gasteiger partial charge is 0.378 e. The molecule has 5 rings (SSSR count). The fourth-order valence-corrected chi connectivity index (χ4v) is 7.55. The lowest BCUT2D eigenvalue weighted by Crippen LogP contribution is -2.36. The Morgan fingerprint density at radius 2 is 1.69 bits per heavy atom. The fraction of sp³-hybridized carbons (Fsp3) is 0.481. The Morgan fingerprint density at radius 3 is 2.41 bits per heavy atom. The van der Waals surface area contributed by atoms with Crippen LogP contribution in [0.2, 0.25) is 0 Å².